The second-order valence-electron chi connectivity index (χ2n) is 14.2. The Kier molecular flexibility index (Phi) is 23.6. The lowest BCUT2D eigenvalue weighted by Crippen LogP contribution is -2.19. The second-order valence-corrected chi connectivity index (χ2v) is 15.7. The molecule has 1 aliphatic carbocycles. The van der Waals surface area contributed by atoms with Crippen molar-refractivity contribution in [3.8, 4) is 0 Å². The summed E-state index contributed by atoms with van der Waals surface area (Å²) in [7, 11) is 0. The summed E-state index contributed by atoms with van der Waals surface area (Å²) in [4.78, 5) is 18.1. The molecule has 1 aliphatic rings. The molecule has 0 amide bonds. The summed E-state index contributed by atoms with van der Waals surface area (Å²) in [5, 5.41) is 14.9. The normalized spacial score (nSPS) is 12.7. The van der Waals surface area contributed by atoms with Crippen molar-refractivity contribution in [1.82, 2.24) is 0 Å². The summed E-state index contributed by atoms with van der Waals surface area (Å²) in [6, 6.07) is 14.9. The average molecular weight is 766 g/mol. The predicted octanol–water partition coefficient (Wildman–Crippen LogP) is 14.6. The van der Waals surface area contributed by atoms with Crippen LogP contribution in [0.15, 0.2) is 87.1 Å². The molecule has 7 heteroatoms. The summed E-state index contributed by atoms with van der Waals surface area (Å²) in [6.07, 6.45) is 12.2. The number of hydrogen-bond acceptors (Lipinski definition) is 7. The molecule has 0 saturated heterocycles. The van der Waals surface area contributed by atoms with Crippen LogP contribution in [0.2, 0.25) is 0 Å². The van der Waals surface area contributed by atoms with Crippen LogP contribution in [0.25, 0.3) is 11.6 Å². The number of rotatable bonds is 15. The topological polar surface area (TPSA) is 78.5 Å². The van der Waals surface area contributed by atoms with E-state index < -0.39 is 0 Å². The molecule has 1 fully saturated rings. The van der Waals surface area contributed by atoms with Crippen LogP contribution in [0, 0.1) is 38.5 Å². The third-order valence-corrected chi connectivity index (χ3v) is 9.75. The molecule has 1 heterocycles. The molecule has 1 N–H and O–H groups in total. The molecule has 0 bridgehead atoms. The molecule has 0 spiro atoms. The van der Waals surface area contributed by atoms with Crippen molar-refractivity contribution in [2.24, 2.45) is 26.3 Å². The fourth-order valence-electron chi connectivity index (χ4n) is 5.31. The first kappa shape index (κ1) is 48.8. The highest BCUT2D eigenvalue weighted by molar-refractivity contribution is 7.12. The smallest absolute Gasteiger partial charge is 0.0983 e. The van der Waals surface area contributed by atoms with E-state index in [1.54, 1.807) is 0 Å². The molecule has 0 aliphatic heterocycles. The van der Waals surface area contributed by atoms with Crippen LogP contribution < -0.4 is 5.32 Å². The second kappa shape index (κ2) is 26.6. The summed E-state index contributed by atoms with van der Waals surface area (Å²) in [6.45, 7) is 34.4. The Balaban J connectivity index is 0.000000525. The number of nitroso groups, excluding NO2 is 1. The van der Waals surface area contributed by atoms with Crippen LogP contribution in [0.3, 0.4) is 0 Å². The number of aryl methyl sites for hydroxylation is 3. The molecule has 1 atom stereocenters. The molecule has 0 radical (unpaired) electrons. The minimum Gasteiger partial charge on any atom is -0.383 e. The van der Waals surface area contributed by atoms with Crippen molar-refractivity contribution in [3.63, 3.8) is 0 Å². The van der Waals surface area contributed by atoms with Crippen LogP contribution in [-0.2, 0) is 0 Å². The highest BCUT2D eigenvalue weighted by Gasteiger charge is 2.21. The molecule has 6 nitrogen and oxygen atoms in total. The number of hydrogen-bond donors (Lipinski definition) is 1. The maximum Gasteiger partial charge on any atom is 0.0983 e. The Morgan fingerprint density at radius 1 is 0.927 bits per heavy atom. The lowest BCUT2D eigenvalue weighted by atomic mass is 9.92. The Morgan fingerprint density at radius 3 is 2.07 bits per heavy atom. The molecule has 4 rings (SSSR count). The van der Waals surface area contributed by atoms with Crippen LogP contribution in [0.1, 0.15) is 144 Å². The molecule has 1 unspecified atom stereocenters. The number of nitrogens with zero attached hydrogens (tertiary/aromatic N) is 4. The van der Waals surface area contributed by atoms with Crippen molar-refractivity contribution in [2.75, 3.05) is 18.4 Å². The Bertz CT molecular complexity index is 1780. The maximum atomic E-state index is 10.1. The zero-order valence-electron chi connectivity index (χ0n) is 36.7. The summed E-state index contributed by atoms with van der Waals surface area (Å²) in [5.41, 5.74) is 14.0. The number of anilines is 1. The molecule has 300 valence electrons. The van der Waals surface area contributed by atoms with Crippen LogP contribution in [0.4, 0.5) is 5.69 Å². The zero-order chi connectivity index (χ0) is 41.5. The zero-order valence-corrected chi connectivity index (χ0v) is 37.5. The van der Waals surface area contributed by atoms with E-state index in [1.165, 1.54) is 56.8 Å². The highest BCUT2D eigenvalue weighted by Crippen LogP contribution is 2.32. The fraction of sp³-hybridized carbons (Fsp3) is 0.479. The van der Waals surface area contributed by atoms with Crippen molar-refractivity contribution >= 4 is 45.8 Å². The van der Waals surface area contributed by atoms with Gasteiger partial charge in [0.2, 0.25) is 0 Å². The maximum absolute atomic E-state index is 10.1. The van der Waals surface area contributed by atoms with Crippen molar-refractivity contribution in [2.45, 2.75) is 135 Å². The van der Waals surface area contributed by atoms with E-state index in [4.69, 9.17) is 4.99 Å². The first-order chi connectivity index (χ1) is 26.3. The van der Waals surface area contributed by atoms with Gasteiger partial charge in [-0.25, -0.2) is 0 Å². The van der Waals surface area contributed by atoms with Crippen LogP contribution in [0.5, 0.6) is 0 Å². The van der Waals surface area contributed by atoms with Gasteiger partial charge in [-0.3, -0.25) is 4.99 Å². The quantitative estimate of drug-likeness (QED) is 0.0550. The van der Waals surface area contributed by atoms with Gasteiger partial charge in [0.1, 0.15) is 0 Å². The lowest BCUT2D eigenvalue weighted by Gasteiger charge is -2.15. The molecule has 55 heavy (non-hydrogen) atoms. The summed E-state index contributed by atoms with van der Waals surface area (Å²) >= 11 is 1.86. The highest BCUT2D eigenvalue weighted by atomic mass is 32.1. The van der Waals surface area contributed by atoms with E-state index in [9.17, 15) is 4.91 Å². The number of thiophene rings is 1. The van der Waals surface area contributed by atoms with E-state index >= 15 is 0 Å². The van der Waals surface area contributed by atoms with E-state index in [2.05, 4.69) is 151 Å². The van der Waals surface area contributed by atoms with Gasteiger partial charge in [-0.15, -0.1) is 11.3 Å². The van der Waals surface area contributed by atoms with E-state index in [0.29, 0.717) is 12.5 Å². The van der Waals surface area contributed by atoms with Gasteiger partial charge in [0.15, 0.2) is 0 Å². The summed E-state index contributed by atoms with van der Waals surface area (Å²) in [5.74, 6) is 0.418. The van der Waals surface area contributed by atoms with E-state index in [0.717, 1.165) is 52.4 Å². The Hall–Kier alpha value is -4.23. The first-order valence-corrected chi connectivity index (χ1v) is 21.1. The number of nitrogens with one attached hydrogen (secondary N) is 1. The number of allylic oxidation sites excluding steroid dienone is 3. The SMILES string of the molecule is C=C(c1ccc(NCCN=O)cc1C=CCC)C(C)C.CC.CC(C)=N/N=C(\C)C(CC=C1CC1)N=C(c1ccc(C)cc1)c1c(C)sc(C)c1C.CCC. The van der Waals surface area contributed by atoms with Crippen LogP contribution >= 0.6 is 11.3 Å². The molecule has 1 saturated carbocycles. The third kappa shape index (κ3) is 17.4. The van der Waals surface area contributed by atoms with Gasteiger partial charge in [0, 0.05) is 38.8 Å². The van der Waals surface area contributed by atoms with Crippen molar-refractivity contribution in [1.29, 1.82) is 0 Å². The first-order valence-electron chi connectivity index (χ1n) is 20.2. The fourth-order valence-corrected chi connectivity index (χ4v) is 6.38. The van der Waals surface area contributed by atoms with Gasteiger partial charge in [-0.05, 0) is 114 Å². The largest absolute Gasteiger partial charge is 0.383 e. The molecular formula is C48H71N5OS. The minimum atomic E-state index is -0.0171. The van der Waals surface area contributed by atoms with Gasteiger partial charge < -0.3 is 5.32 Å². The van der Waals surface area contributed by atoms with Gasteiger partial charge >= 0.3 is 0 Å². The lowest BCUT2D eigenvalue weighted by molar-refractivity contribution is 0.857. The van der Waals surface area contributed by atoms with Crippen molar-refractivity contribution < 1.29 is 0 Å². The van der Waals surface area contributed by atoms with Gasteiger partial charge in [-0.1, -0.05) is 126 Å². The summed E-state index contributed by atoms with van der Waals surface area (Å²) < 4.78 is 0. The van der Waals surface area contributed by atoms with Crippen LogP contribution in [-0.4, -0.2) is 36.3 Å². The van der Waals surface area contributed by atoms with Gasteiger partial charge in [-0.2, -0.15) is 15.1 Å². The molecular weight excluding hydrogens is 695 g/mol. The molecule has 3 aromatic rings. The Morgan fingerprint density at radius 2 is 1.56 bits per heavy atom. The van der Waals surface area contributed by atoms with Crippen molar-refractivity contribution in [3.05, 3.63) is 115 Å². The number of aliphatic imine (C=N–C) groups is 1. The minimum absolute atomic E-state index is 0.0171. The number of benzene rings is 2. The molecule has 1 aromatic heterocycles. The average Bonchev–Trinajstić information content (AvgIpc) is 3.96. The predicted molar refractivity (Wildman–Crippen MR) is 249 cm³/mol. The standard InChI is InChI=1S/C26H33N3S.C17H24N2O.C3H8.C2H6/c1-16(2)28-29-19(5)24(15-12-22-10-11-22)27-26(23-13-8-17(3)9-14-23)25-18(4)20(6)30-21(25)7;1-5-6-7-15-12-16(18-10-11-19-20)8-9-17(15)14(4)13(2)3;1-3-2;1-2/h8-9,12-14,24H,10-11,15H2,1-7H3;6-9,12-13,18H,4-5,10-11H2,1-3H3;3H2,1-2H3;1-2H3/b27-26?,29-19+;;;. The van der Waals surface area contributed by atoms with Gasteiger partial charge in [0.05, 0.1) is 24.0 Å². The van der Waals surface area contributed by atoms with E-state index in [-0.39, 0.29) is 12.6 Å². The third-order valence-electron chi connectivity index (χ3n) is 8.63. The Labute approximate surface area is 339 Å². The molecule has 2 aromatic carbocycles. The monoisotopic (exact) mass is 766 g/mol. The van der Waals surface area contributed by atoms with Gasteiger partial charge in [0.25, 0.3) is 0 Å². The van der Waals surface area contributed by atoms with E-state index in [1.807, 2.05) is 45.1 Å².